The third kappa shape index (κ3) is 1.24. The maximum atomic E-state index is 12.7. The van der Waals surface area contributed by atoms with Gasteiger partial charge in [0.2, 0.25) is 5.91 Å². The monoisotopic (exact) mass is 299 g/mol. The minimum Gasteiger partial charge on any atom is -0.493 e. The molecule has 4 nitrogen and oxygen atoms in total. The van der Waals surface area contributed by atoms with Crippen LogP contribution in [-0.2, 0) is 16.8 Å². The van der Waals surface area contributed by atoms with Crippen molar-refractivity contribution in [2.75, 3.05) is 20.8 Å². The predicted molar refractivity (Wildman–Crippen MR) is 81.0 cm³/mol. The minimum atomic E-state index is -0.0438. The molecule has 4 aliphatic rings. The van der Waals surface area contributed by atoms with E-state index in [4.69, 9.17) is 9.47 Å². The Morgan fingerprint density at radius 3 is 2.77 bits per heavy atom. The molecule has 0 unspecified atom stereocenters. The summed E-state index contributed by atoms with van der Waals surface area (Å²) in [5, 5.41) is 0. The molecule has 2 aliphatic carbocycles. The molecule has 1 saturated heterocycles. The molecule has 2 heterocycles. The Morgan fingerprint density at radius 1 is 1.23 bits per heavy atom. The van der Waals surface area contributed by atoms with Gasteiger partial charge >= 0.3 is 0 Å². The fraction of sp³-hybridized carbons (Fsp3) is 0.611. The van der Waals surface area contributed by atoms with Crippen molar-refractivity contribution >= 4 is 5.91 Å². The van der Waals surface area contributed by atoms with Gasteiger partial charge in [0.15, 0.2) is 11.5 Å². The number of fused-ring (bicyclic) bond motifs is 2. The summed E-state index contributed by atoms with van der Waals surface area (Å²) >= 11 is 0. The van der Waals surface area contributed by atoms with Gasteiger partial charge in [-0.15, -0.1) is 0 Å². The summed E-state index contributed by atoms with van der Waals surface area (Å²) in [5.74, 6) is 3.49. The largest absolute Gasteiger partial charge is 0.493 e. The maximum absolute atomic E-state index is 12.7. The lowest BCUT2D eigenvalue weighted by atomic mass is 9.71. The minimum absolute atomic E-state index is 0.0438. The zero-order valence-corrected chi connectivity index (χ0v) is 13.1. The molecule has 1 spiro atoms. The van der Waals surface area contributed by atoms with Gasteiger partial charge in [0.25, 0.3) is 0 Å². The fourth-order valence-corrected chi connectivity index (χ4v) is 5.72. The highest BCUT2D eigenvalue weighted by atomic mass is 16.5. The van der Waals surface area contributed by atoms with Crippen molar-refractivity contribution in [3.05, 3.63) is 23.3 Å². The van der Waals surface area contributed by atoms with Crippen molar-refractivity contribution < 1.29 is 14.3 Å². The van der Waals surface area contributed by atoms with Crippen LogP contribution in [-0.4, -0.2) is 31.6 Å². The second-order valence-corrected chi connectivity index (χ2v) is 7.14. The lowest BCUT2D eigenvalue weighted by Crippen LogP contribution is -2.53. The molecule has 1 amide bonds. The summed E-state index contributed by atoms with van der Waals surface area (Å²) in [7, 11) is 3.37. The van der Waals surface area contributed by atoms with Crippen molar-refractivity contribution in [2.45, 2.75) is 31.2 Å². The number of amides is 1. The Bertz CT molecular complexity index is 685. The van der Waals surface area contributed by atoms with E-state index in [1.54, 1.807) is 14.2 Å². The van der Waals surface area contributed by atoms with Gasteiger partial charge in [0.05, 0.1) is 19.8 Å². The molecule has 0 N–H and O–H groups in total. The highest BCUT2D eigenvalue weighted by molar-refractivity contribution is 5.88. The molecule has 4 atom stereocenters. The SMILES string of the molecule is COc1cc2c(cc1OC)[C@@]13CCC[C@H]4[C@@H](C(=O)N1CC2)[C@H]43. The van der Waals surface area contributed by atoms with Gasteiger partial charge in [0.1, 0.15) is 0 Å². The second-order valence-electron chi connectivity index (χ2n) is 7.14. The average Bonchev–Trinajstić information content (AvgIpc) is 3.22. The topological polar surface area (TPSA) is 38.8 Å². The summed E-state index contributed by atoms with van der Waals surface area (Å²) in [6.45, 7) is 0.862. The number of carbonyl (C=O) groups is 1. The third-order valence-electron chi connectivity index (χ3n) is 6.53. The van der Waals surface area contributed by atoms with E-state index in [-0.39, 0.29) is 5.54 Å². The number of rotatable bonds is 2. The molecule has 3 fully saturated rings. The predicted octanol–water partition coefficient (Wildman–Crippen LogP) is 2.34. The average molecular weight is 299 g/mol. The first kappa shape index (κ1) is 12.8. The summed E-state index contributed by atoms with van der Waals surface area (Å²) < 4.78 is 11.0. The van der Waals surface area contributed by atoms with Crippen LogP contribution < -0.4 is 9.47 Å². The van der Waals surface area contributed by atoms with Crippen LogP contribution >= 0.6 is 0 Å². The van der Waals surface area contributed by atoms with E-state index < -0.39 is 0 Å². The molecule has 1 aromatic rings. The van der Waals surface area contributed by atoms with E-state index in [9.17, 15) is 4.79 Å². The molecule has 2 aliphatic heterocycles. The van der Waals surface area contributed by atoms with Gasteiger partial charge in [-0.2, -0.15) is 0 Å². The molecule has 22 heavy (non-hydrogen) atoms. The van der Waals surface area contributed by atoms with Gasteiger partial charge in [0, 0.05) is 18.4 Å². The second kappa shape index (κ2) is 3.98. The zero-order chi connectivity index (χ0) is 15.1. The molecule has 4 heteroatoms. The number of carbonyl (C=O) groups excluding carboxylic acids is 1. The van der Waals surface area contributed by atoms with Crippen LogP contribution in [0.5, 0.6) is 11.5 Å². The smallest absolute Gasteiger partial charge is 0.227 e. The van der Waals surface area contributed by atoms with Crippen molar-refractivity contribution in [3.63, 3.8) is 0 Å². The number of methoxy groups -OCH3 is 2. The highest BCUT2D eigenvalue weighted by Crippen LogP contribution is 2.71. The Morgan fingerprint density at radius 2 is 2.00 bits per heavy atom. The summed E-state index contributed by atoms with van der Waals surface area (Å²) in [6.07, 6.45) is 4.50. The molecule has 0 radical (unpaired) electrons. The van der Waals surface area contributed by atoms with Crippen LogP contribution in [0.1, 0.15) is 30.4 Å². The Hall–Kier alpha value is -1.71. The van der Waals surface area contributed by atoms with Crippen molar-refractivity contribution in [2.24, 2.45) is 17.8 Å². The van der Waals surface area contributed by atoms with Gasteiger partial charge < -0.3 is 14.4 Å². The van der Waals surface area contributed by atoms with E-state index in [1.807, 2.05) is 0 Å². The molecule has 2 saturated carbocycles. The van der Waals surface area contributed by atoms with Crippen molar-refractivity contribution in [1.82, 2.24) is 4.90 Å². The van der Waals surface area contributed by atoms with Crippen LogP contribution in [0.4, 0.5) is 0 Å². The number of benzene rings is 1. The first-order valence-electron chi connectivity index (χ1n) is 8.29. The van der Waals surface area contributed by atoms with Crippen molar-refractivity contribution in [1.29, 1.82) is 0 Å². The summed E-state index contributed by atoms with van der Waals surface area (Å²) in [6, 6.07) is 4.28. The Balaban J connectivity index is 1.73. The standard InChI is InChI=1S/C18H21NO3/c1-21-13-8-10-5-7-19-17(20)15-11-4-3-6-18(19,16(11)15)12(10)9-14(13)22-2/h8-9,11,15-16H,3-7H2,1-2H3/t11-,15+,16-,18+/m0/s1. The van der Waals surface area contributed by atoms with Crippen LogP contribution in [0.25, 0.3) is 0 Å². The lowest BCUT2D eigenvalue weighted by molar-refractivity contribution is -0.137. The van der Waals surface area contributed by atoms with Crippen molar-refractivity contribution in [3.8, 4) is 11.5 Å². The molecule has 116 valence electrons. The Labute approximate surface area is 130 Å². The van der Waals surface area contributed by atoms with E-state index in [0.29, 0.717) is 23.7 Å². The Kier molecular flexibility index (Phi) is 2.31. The molecular formula is C18H21NO3. The number of piperidine rings is 1. The molecule has 0 bridgehead atoms. The number of hydrogen-bond acceptors (Lipinski definition) is 3. The maximum Gasteiger partial charge on any atom is 0.227 e. The highest BCUT2D eigenvalue weighted by Gasteiger charge is 2.75. The number of ether oxygens (including phenoxy) is 2. The van der Waals surface area contributed by atoms with E-state index >= 15 is 0 Å². The first-order valence-corrected chi connectivity index (χ1v) is 8.29. The molecule has 1 aromatic carbocycles. The molecular weight excluding hydrogens is 278 g/mol. The zero-order valence-electron chi connectivity index (χ0n) is 13.1. The van der Waals surface area contributed by atoms with Gasteiger partial charge in [-0.1, -0.05) is 6.42 Å². The molecule has 5 rings (SSSR count). The summed E-state index contributed by atoms with van der Waals surface area (Å²) in [4.78, 5) is 14.9. The van der Waals surface area contributed by atoms with Gasteiger partial charge in [-0.05, 0) is 48.4 Å². The van der Waals surface area contributed by atoms with Crippen LogP contribution in [0.15, 0.2) is 12.1 Å². The molecule has 0 aromatic heterocycles. The number of nitrogens with zero attached hydrogens (tertiary/aromatic N) is 1. The third-order valence-corrected chi connectivity index (χ3v) is 6.53. The van der Waals surface area contributed by atoms with Crippen LogP contribution in [0, 0.1) is 17.8 Å². The van der Waals surface area contributed by atoms with Gasteiger partial charge in [-0.3, -0.25) is 4.79 Å². The van der Waals surface area contributed by atoms with E-state index in [0.717, 1.165) is 30.9 Å². The normalized spacial score (nSPS) is 37.3. The first-order chi connectivity index (χ1) is 10.7. The fourth-order valence-electron chi connectivity index (χ4n) is 5.72. The lowest BCUT2D eigenvalue weighted by Gasteiger charge is -2.49. The van der Waals surface area contributed by atoms with E-state index in [2.05, 4.69) is 17.0 Å². The van der Waals surface area contributed by atoms with Crippen LogP contribution in [0.3, 0.4) is 0 Å². The van der Waals surface area contributed by atoms with Crippen LogP contribution in [0.2, 0.25) is 0 Å². The summed E-state index contributed by atoms with van der Waals surface area (Å²) in [5.41, 5.74) is 2.63. The number of hydrogen-bond donors (Lipinski definition) is 0. The van der Waals surface area contributed by atoms with E-state index in [1.165, 1.54) is 24.0 Å². The van der Waals surface area contributed by atoms with Gasteiger partial charge in [-0.25, -0.2) is 0 Å². The quantitative estimate of drug-likeness (QED) is 0.841.